The van der Waals surface area contributed by atoms with E-state index in [1.165, 1.54) is 6.92 Å². The Balaban J connectivity index is 2.06. The largest absolute Gasteiger partial charge is 0.341 e. The van der Waals surface area contributed by atoms with Crippen molar-refractivity contribution in [3.8, 4) is 0 Å². The number of likely N-dealkylation sites (tertiary alicyclic amines) is 1. The number of carbonyl (C=O) groups excluding carboxylic acids is 1. The fraction of sp³-hybridized carbons (Fsp3) is 0.917. The molecule has 0 aromatic rings. The first-order valence-electron chi connectivity index (χ1n) is 6.54. The lowest BCUT2D eigenvalue weighted by molar-refractivity contribution is -0.129. The van der Waals surface area contributed by atoms with Crippen molar-refractivity contribution in [2.24, 2.45) is 17.6 Å². The summed E-state index contributed by atoms with van der Waals surface area (Å²) < 4.78 is 22.9. The van der Waals surface area contributed by atoms with Crippen LogP contribution in [0.2, 0.25) is 0 Å². The third kappa shape index (κ3) is 2.54. The normalized spacial score (nSPS) is 34.2. The molecular formula is C12H22N2O3S. The summed E-state index contributed by atoms with van der Waals surface area (Å²) in [5.74, 6) is 0.554. The number of hydrogen-bond donors (Lipinski definition) is 1. The quantitative estimate of drug-likeness (QED) is 0.769. The molecule has 0 spiro atoms. The van der Waals surface area contributed by atoms with Crippen molar-refractivity contribution in [3.05, 3.63) is 0 Å². The van der Waals surface area contributed by atoms with E-state index in [1.807, 2.05) is 0 Å². The minimum Gasteiger partial charge on any atom is -0.341 e. The van der Waals surface area contributed by atoms with E-state index in [9.17, 15) is 13.2 Å². The number of hydrogen-bond acceptors (Lipinski definition) is 4. The molecule has 1 amide bonds. The number of carbonyl (C=O) groups is 1. The van der Waals surface area contributed by atoms with Crippen LogP contribution in [-0.4, -0.2) is 49.9 Å². The molecule has 1 aliphatic carbocycles. The highest BCUT2D eigenvalue weighted by molar-refractivity contribution is 7.92. The summed E-state index contributed by atoms with van der Waals surface area (Å²) in [4.78, 5) is 13.8. The molecule has 2 rings (SSSR count). The van der Waals surface area contributed by atoms with Crippen LogP contribution >= 0.6 is 0 Å². The molecule has 1 aliphatic heterocycles. The Bertz CT molecular complexity index is 435. The maximum atomic E-state index is 12.1. The predicted molar refractivity (Wildman–Crippen MR) is 69.7 cm³/mol. The van der Waals surface area contributed by atoms with Crippen LogP contribution in [0.25, 0.3) is 0 Å². The second-order valence-electron chi connectivity index (χ2n) is 5.73. The van der Waals surface area contributed by atoms with Gasteiger partial charge in [-0.05, 0) is 31.6 Å². The van der Waals surface area contributed by atoms with E-state index >= 15 is 0 Å². The van der Waals surface area contributed by atoms with E-state index in [0.717, 1.165) is 25.5 Å². The molecule has 0 bridgehead atoms. The monoisotopic (exact) mass is 274 g/mol. The van der Waals surface area contributed by atoms with E-state index in [1.54, 1.807) is 4.90 Å². The topological polar surface area (TPSA) is 80.5 Å². The highest BCUT2D eigenvalue weighted by Gasteiger charge is 2.42. The highest BCUT2D eigenvalue weighted by Crippen LogP contribution is 2.35. The van der Waals surface area contributed by atoms with Crippen molar-refractivity contribution in [1.29, 1.82) is 0 Å². The third-order valence-corrected chi connectivity index (χ3v) is 5.94. The van der Waals surface area contributed by atoms with Crippen molar-refractivity contribution in [1.82, 2.24) is 4.90 Å². The van der Waals surface area contributed by atoms with Crippen LogP contribution in [0.15, 0.2) is 0 Å². The van der Waals surface area contributed by atoms with Gasteiger partial charge in [0, 0.05) is 25.4 Å². The zero-order valence-electron chi connectivity index (χ0n) is 11.0. The fourth-order valence-corrected chi connectivity index (χ4v) is 3.65. The molecule has 18 heavy (non-hydrogen) atoms. The molecule has 4 atom stereocenters. The smallest absolute Gasteiger partial charge is 0.240 e. The molecule has 6 heteroatoms. The summed E-state index contributed by atoms with van der Waals surface area (Å²) in [5, 5.41) is -0.936. The summed E-state index contributed by atoms with van der Waals surface area (Å²) in [5.41, 5.74) is 6.09. The molecule has 1 heterocycles. The van der Waals surface area contributed by atoms with Gasteiger partial charge in [0.05, 0.1) is 0 Å². The number of rotatable bonds is 2. The van der Waals surface area contributed by atoms with E-state index < -0.39 is 15.1 Å². The summed E-state index contributed by atoms with van der Waals surface area (Å²) >= 11 is 0. The average molecular weight is 274 g/mol. The van der Waals surface area contributed by atoms with E-state index in [0.29, 0.717) is 24.9 Å². The zero-order chi connectivity index (χ0) is 13.5. The molecule has 1 saturated heterocycles. The second kappa shape index (κ2) is 4.81. The van der Waals surface area contributed by atoms with Gasteiger partial charge in [-0.15, -0.1) is 0 Å². The first-order chi connectivity index (χ1) is 8.30. The fourth-order valence-electron chi connectivity index (χ4n) is 3.14. The lowest BCUT2D eigenvalue weighted by Gasteiger charge is -2.29. The second-order valence-corrected chi connectivity index (χ2v) is 8.10. The lowest BCUT2D eigenvalue weighted by Crippen LogP contribution is -2.41. The molecule has 5 nitrogen and oxygen atoms in total. The van der Waals surface area contributed by atoms with E-state index in [-0.39, 0.29) is 11.9 Å². The lowest BCUT2D eigenvalue weighted by atomic mass is 9.78. The van der Waals surface area contributed by atoms with Crippen molar-refractivity contribution >= 4 is 15.7 Å². The van der Waals surface area contributed by atoms with Gasteiger partial charge in [0.25, 0.3) is 0 Å². The standard InChI is InChI=1S/C12H22N2O3S/c1-8(18(2,16)17)12(15)14-6-9-4-3-5-11(13)10(9)7-14/h8-11H,3-7,13H2,1-2H3. The Morgan fingerprint density at radius 3 is 2.56 bits per heavy atom. The van der Waals surface area contributed by atoms with E-state index in [4.69, 9.17) is 5.73 Å². The van der Waals surface area contributed by atoms with Gasteiger partial charge < -0.3 is 10.6 Å². The van der Waals surface area contributed by atoms with Gasteiger partial charge >= 0.3 is 0 Å². The van der Waals surface area contributed by atoms with Crippen LogP contribution in [0, 0.1) is 11.8 Å². The Labute approximate surface area is 109 Å². The number of sulfone groups is 1. The van der Waals surface area contributed by atoms with Gasteiger partial charge in [-0.3, -0.25) is 4.79 Å². The Morgan fingerprint density at radius 1 is 1.33 bits per heavy atom. The summed E-state index contributed by atoms with van der Waals surface area (Å²) in [6.07, 6.45) is 4.36. The molecular weight excluding hydrogens is 252 g/mol. The van der Waals surface area contributed by atoms with Crippen molar-refractivity contribution in [2.45, 2.75) is 37.5 Å². The van der Waals surface area contributed by atoms with Gasteiger partial charge in [0.2, 0.25) is 5.91 Å². The maximum absolute atomic E-state index is 12.1. The number of nitrogens with zero attached hydrogens (tertiary/aromatic N) is 1. The van der Waals surface area contributed by atoms with Gasteiger partial charge in [0.1, 0.15) is 5.25 Å². The van der Waals surface area contributed by atoms with E-state index in [2.05, 4.69) is 0 Å². The van der Waals surface area contributed by atoms with Gasteiger partial charge in [-0.1, -0.05) is 6.42 Å². The van der Waals surface area contributed by atoms with Crippen LogP contribution in [0.5, 0.6) is 0 Å². The van der Waals surface area contributed by atoms with Gasteiger partial charge in [-0.2, -0.15) is 0 Å². The SMILES string of the molecule is CC(C(=O)N1CC2CCCC(N)C2C1)S(C)(=O)=O. The van der Waals surface area contributed by atoms with Crippen LogP contribution in [0.4, 0.5) is 0 Å². The summed E-state index contributed by atoms with van der Waals surface area (Å²) in [6.45, 7) is 2.78. The van der Waals surface area contributed by atoms with Crippen LogP contribution in [0.3, 0.4) is 0 Å². The molecule has 1 saturated carbocycles. The third-order valence-electron chi connectivity index (χ3n) is 4.46. The minimum absolute atomic E-state index is 0.162. The average Bonchev–Trinajstić information content (AvgIpc) is 2.71. The predicted octanol–water partition coefficient (Wildman–Crippen LogP) is 0.00530. The maximum Gasteiger partial charge on any atom is 0.240 e. The minimum atomic E-state index is -3.31. The Hall–Kier alpha value is -0.620. The van der Waals surface area contributed by atoms with Gasteiger partial charge in [0.15, 0.2) is 9.84 Å². The number of fused-ring (bicyclic) bond motifs is 1. The van der Waals surface area contributed by atoms with Crippen LogP contribution in [-0.2, 0) is 14.6 Å². The van der Waals surface area contributed by atoms with Crippen molar-refractivity contribution in [2.75, 3.05) is 19.3 Å². The Kier molecular flexibility index (Phi) is 3.69. The molecule has 2 N–H and O–H groups in total. The molecule has 4 unspecified atom stereocenters. The summed E-state index contributed by atoms with van der Waals surface area (Å²) in [6, 6.07) is 0.162. The molecule has 2 fully saturated rings. The first kappa shape index (κ1) is 13.8. The highest BCUT2D eigenvalue weighted by atomic mass is 32.2. The summed E-state index contributed by atoms with van der Waals surface area (Å²) in [7, 11) is -3.31. The van der Waals surface area contributed by atoms with Crippen molar-refractivity contribution in [3.63, 3.8) is 0 Å². The van der Waals surface area contributed by atoms with Crippen molar-refractivity contribution < 1.29 is 13.2 Å². The molecule has 0 aromatic heterocycles. The zero-order valence-corrected chi connectivity index (χ0v) is 11.8. The molecule has 0 aromatic carbocycles. The number of nitrogens with two attached hydrogens (primary N) is 1. The molecule has 0 radical (unpaired) electrons. The van der Waals surface area contributed by atoms with Gasteiger partial charge in [-0.25, -0.2) is 8.42 Å². The van der Waals surface area contributed by atoms with Crippen LogP contribution in [0.1, 0.15) is 26.2 Å². The molecule has 104 valence electrons. The Morgan fingerprint density at radius 2 is 2.00 bits per heavy atom. The first-order valence-corrected chi connectivity index (χ1v) is 8.49. The number of amides is 1. The van der Waals surface area contributed by atoms with Crippen LogP contribution < -0.4 is 5.73 Å². The molecule has 2 aliphatic rings.